The third-order valence-corrected chi connectivity index (χ3v) is 6.21. The molecule has 1 saturated heterocycles. The lowest BCUT2D eigenvalue weighted by Gasteiger charge is -2.38. The van der Waals surface area contributed by atoms with E-state index in [4.69, 9.17) is 27.8 Å². The monoisotopic (exact) mass is 448 g/mol. The van der Waals surface area contributed by atoms with Gasteiger partial charge in [0.2, 0.25) is 0 Å². The molecule has 4 aromatic rings. The normalized spacial score (nSPS) is 14.5. The number of nitrogen functional groups attached to an aromatic ring is 1. The molecule has 0 atom stereocenters. The highest BCUT2D eigenvalue weighted by atomic mass is 35.5. The number of ether oxygens (including phenoxy) is 1. The van der Waals surface area contributed by atoms with Gasteiger partial charge in [-0.2, -0.15) is 9.97 Å². The molecule has 2 aromatic heterocycles. The maximum Gasteiger partial charge on any atom is 0.318 e. The molecular formula is C19H15ClF2N6OS. The van der Waals surface area contributed by atoms with Gasteiger partial charge in [0.1, 0.15) is 17.2 Å². The van der Waals surface area contributed by atoms with Gasteiger partial charge in [0.25, 0.3) is 0 Å². The molecule has 0 aliphatic carbocycles. The number of hydrogen-bond donors (Lipinski definition) is 2. The maximum atomic E-state index is 15.8. The zero-order chi connectivity index (χ0) is 21.2. The third-order valence-electron chi connectivity index (χ3n) is 5.02. The van der Waals surface area contributed by atoms with Crippen molar-refractivity contribution in [3.63, 3.8) is 0 Å². The first kappa shape index (κ1) is 19.2. The number of rotatable bonds is 3. The number of methoxy groups -OCH3 is 1. The van der Waals surface area contributed by atoms with E-state index in [-0.39, 0.29) is 43.5 Å². The predicted octanol–water partition coefficient (Wildman–Crippen LogP) is 3.58. The first-order chi connectivity index (χ1) is 14.4. The van der Waals surface area contributed by atoms with Gasteiger partial charge in [0.15, 0.2) is 10.9 Å². The van der Waals surface area contributed by atoms with Crippen molar-refractivity contribution in [3.8, 4) is 17.1 Å². The summed E-state index contributed by atoms with van der Waals surface area (Å²) in [7, 11) is 1.41. The van der Waals surface area contributed by atoms with Crippen molar-refractivity contribution < 1.29 is 13.5 Å². The topological polar surface area (TPSA) is 103 Å². The standard InChI is InChI=1S/C19H15ClF2N6OS/c1-29-19-26-14-9(17(27-19)28-5-7(23)6-28)4-10(20)12(13(14)22)8-2-3-11(21)16-15(8)25-18(24)30-16/h2-4,7H,5-6,23H2,1H3,(H2,24,25). The zero-order valence-electron chi connectivity index (χ0n) is 15.6. The van der Waals surface area contributed by atoms with Gasteiger partial charge in [-0.15, -0.1) is 0 Å². The van der Waals surface area contributed by atoms with Crippen LogP contribution in [-0.2, 0) is 0 Å². The second kappa shape index (κ2) is 6.86. The zero-order valence-corrected chi connectivity index (χ0v) is 17.2. The summed E-state index contributed by atoms with van der Waals surface area (Å²) in [4.78, 5) is 14.6. The van der Waals surface area contributed by atoms with Crippen molar-refractivity contribution in [2.24, 2.45) is 5.73 Å². The molecule has 0 spiro atoms. The summed E-state index contributed by atoms with van der Waals surface area (Å²) in [5, 5.41) is 0.735. The molecule has 30 heavy (non-hydrogen) atoms. The number of fused-ring (bicyclic) bond motifs is 2. The summed E-state index contributed by atoms with van der Waals surface area (Å²) < 4.78 is 35.4. The number of hydrogen-bond acceptors (Lipinski definition) is 8. The molecule has 11 heteroatoms. The molecule has 7 nitrogen and oxygen atoms in total. The molecule has 1 fully saturated rings. The largest absolute Gasteiger partial charge is 0.467 e. The Morgan fingerprint density at radius 3 is 2.67 bits per heavy atom. The molecule has 1 aliphatic rings. The van der Waals surface area contributed by atoms with Crippen LogP contribution >= 0.6 is 22.9 Å². The van der Waals surface area contributed by atoms with E-state index in [1.165, 1.54) is 19.2 Å². The summed E-state index contributed by atoms with van der Waals surface area (Å²) in [6.07, 6.45) is 0. The van der Waals surface area contributed by atoms with Gasteiger partial charge in [-0.05, 0) is 18.2 Å². The SMILES string of the molecule is COc1nc(N2CC(N)C2)c2cc(Cl)c(-c3ccc(F)c4sc(N)nc34)c(F)c2n1. The molecule has 0 amide bonds. The molecule has 0 radical (unpaired) electrons. The number of halogens is 3. The van der Waals surface area contributed by atoms with Gasteiger partial charge in [0, 0.05) is 35.6 Å². The molecule has 0 bridgehead atoms. The number of benzene rings is 2. The van der Waals surface area contributed by atoms with Crippen LogP contribution in [0.2, 0.25) is 5.02 Å². The van der Waals surface area contributed by atoms with Gasteiger partial charge < -0.3 is 21.1 Å². The van der Waals surface area contributed by atoms with E-state index in [2.05, 4.69) is 15.0 Å². The van der Waals surface area contributed by atoms with Crippen LogP contribution in [0.25, 0.3) is 32.2 Å². The van der Waals surface area contributed by atoms with Crippen molar-refractivity contribution in [3.05, 3.63) is 34.9 Å². The minimum absolute atomic E-state index is 0.0169. The highest BCUT2D eigenvalue weighted by Crippen LogP contribution is 2.42. The van der Waals surface area contributed by atoms with Gasteiger partial charge in [-0.1, -0.05) is 22.9 Å². The summed E-state index contributed by atoms with van der Waals surface area (Å²) >= 11 is 7.50. The second-order valence-corrected chi connectivity index (χ2v) is 8.41. The third kappa shape index (κ3) is 2.83. The quantitative estimate of drug-likeness (QED) is 0.493. The number of aromatic nitrogens is 3. The minimum Gasteiger partial charge on any atom is -0.467 e. The molecule has 1 aliphatic heterocycles. The van der Waals surface area contributed by atoms with Crippen LogP contribution in [0.4, 0.5) is 19.7 Å². The summed E-state index contributed by atoms with van der Waals surface area (Å²) in [6.45, 7) is 1.15. The second-order valence-electron chi connectivity index (χ2n) is 6.97. The van der Waals surface area contributed by atoms with Crippen molar-refractivity contribution in [2.45, 2.75) is 6.04 Å². The first-order valence-corrected chi connectivity index (χ1v) is 10.2. The number of thiazole rings is 1. The Hall–Kier alpha value is -2.82. The van der Waals surface area contributed by atoms with Crippen molar-refractivity contribution >= 4 is 55.0 Å². The van der Waals surface area contributed by atoms with E-state index in [0.717, 1.165) is 11.3 Å². The van der Waals surface area contributed by atoms with Gasteiger partial charge in [-0.3, -0.25) is 0 Å². The van der Waals surface area contributed by atoms with Crippen LogP contribution in [0.5, 0.6) is 6.01 Å². The fourth-order valence-corrected chi connectivity index (χ4v) is 4.68. The van der Waals surface area contributed by atoms with Gasteiger partial charge in [-0.25, -0.2) is 13.8 Å². The van der Waals surface area contributed by atoms with E-state index < -0.39 is 11.6 Å². The molecule has 2 aromatic carbocycles. The molecule has 4 N–H and O–H groups in total. The average Bonchev–Trinajstić information content (AvgIpc) is 3.09. The van der Waals surface area contributed by atoms with Crippen LogP contribution in [0.1, 0.15) is 0 Å². The van der Waals surface area contributed by atoms with Crippen LogP contribution < -0.4 is 21.1 Å². The molecule has 0 unspecified atom stereocenters. The van der Waals surface area contributed by atoms with Gasteiger partial charge >= 0.3 is 6.01 Å². The van der Waals surface area contributed by atoms with E-state index >= 15 is 4.39 Å². The number of anilines is 2. The molecule has 0 saturated carbocycles. The Balaban J connectivity index is 1.80. The summed E-state index contributed by atoms with van der Waals surface area (Å²) in [6, 6.07) is 4.30. The Morgan fingerprint density at radius 2 is 1.97 bits per heavy atom. The van der Waals surface area contributed by atoms with Crippen LogP contribution in [-0.4, -0.2) is 41.2 Å². The fraction of sp³-hybridized carbons (Fsp3) is 0.211. The molecule has 5 rings (SSSR count). The molecular weight excluding hydrogens is 434 g/mol. The summed E-state index contributed by atoms with van der Waals surface area (Å²) in [5.74, 6) is -0.669. The van der Waals surface area contributed by atoms with E-state index in [0.29, 0.717) is 29.9 Å². The Bertz CT molecular complexity index is 1320. The minimum atomic E-state index is -0.677. The maximum absolute atomic E-state index is 15.8. The first-order valence-electron chi connectivity index (χ1n) is 8.96. The fourth-order valence-electron chi connectivity index (χ4n) is 3.62. The van der Waals surface area contributed by atoms with E-state index in [1.54, 1.807) is 6.07 Å². The van der Waals surface area contributed by atoms with Crippen LogP contribution in [0.15, 0.2) is 18.2 Å². The van der Waals surface area contributed by atoms with Crippen molar-refractivity contribution in [1.82, 2.24) is 15.0 Å². The number of nitrogens with zero attached hydrogens (tertiary/aromatic N) is 4. The van der Waals surface area contributed by atoms with Crippen LogP contribution in [0, 0.1) is 11.6 Å². The Labute approximate surface area is 178 Å². The van der Waals surface area contributed by atoms with Gasteiger partial charge in [0.05, 0.1) is 22.3 Å². The smallest absolute Gasteiger partial charge is 0.318 e. The predicted molar refractivity (Wildman–Crippen MR) is 114 cm³/mol. The van der Waals surface area contributed by atoms with E-state index in [1.807, 2.05) is 4.90 Å². The van der Waals surface area contributed by atoms with Crippen LogP contribution in [0.3, 0.4) is 0 Å². The highest BCUT2D eigenvalue weighted by molar-refractivity contribution is 7.22. The lowest BCUT2D eigenvalue weighted by Crippen LogP contribution is -2.56. The lowest BCUT2D eigenvalue weighted by atomic mass is 10.0. The highest BCUT2D eigenvalue weighted by Gasteiger charge is 2.29. The molecule has 154 valence electrons. The van der Waals surface area contributed by atoms with Crippen molar-refractivity contribution in [2.75, 3.05) is 30.8 Å². The Kier molecular flexibility index (Phi) is 4.38. The lowest BCUT2D eigenvalue weighted by molar-refractivity contribution is 0.380. The number of nitrogens with two attached hydrogens (primary N) is 2. The molecule has 3 heterocycles. The van der Waals surface area contributed by atoms with Crippen molar-refractivity contribution in [1.29, 1.82) is 0 Å². The average molecular weight is 449 g/mol. The summed E-state index contributed by atoms with van der Waals surface area (Å²) in [5.41, 5.74) is 12.3. The Morgan fingerprint density at radius 1 is 1.20 bits per heavy atom. The van der Waals surface area contributed by atoms with E-state index in [9.17, 15) is 4.39 Å².